The largest absolute Gasteiger partial charge is 0.493 e. The Morgan fingerprint density at radius 1 is 0.902 bits per heavy atom. The average molecular weight is 582 g/mol. The molecule has 0 unspecified atom stereocenters. The molecule has 3 aromatic carbocycles. The number of methoxy groups -OCH3 is 2. The van der Waals surface area contributed by atoms with Crippen LogP contribution in [0.3, 0.4) is 0 Å². The molecule has 41 heavy (non-hydrogen) atoms. The molecule has 10 heteroatoms. The summed E-state index contributed by atoms with van der Waals surface area (Å²) in [5.41, 5.74) is 2.06. The maximum atomic E-state index is 14.1. The van der Waals surface area contributed by atoms with Crippen LogP contribution >= 0.6 is 0 Å². The van der Waals surface area contributed by atoms with E-state index in [-0.39, 0.29) is 29.1 Å². The first-order valence-electron chi connectivity index (χ1n) is 13.5. The summed E-state index contributed by atoms with van der Waals surface area (Å²) < 4.78 is 39.8. The third-order valence-corrected chi connectivity index (χ3v) is 8.68. The van der Waals surface area contributed by atoms with Crippen molar-refractivity contribution >= 4 is 27.5 Å². The molecule has 3 aromatic rings. The second kappa shape index (κ2) is 14.0. The molecule has 0 spiro atoms. The summed E-state index contributed by atoms with van der Waals surface area (Å²) >= 11 is 0. The highest BCUT2D eigenvalue weighted by atomic mass is 32.2. The number of benzene rings is 3. The highest BCUT2D eigenvalue weighted by Gasteiger charge is 2.33. The van der Waals surface area contributed by atoms with Gasteiger partial charge in [0, 0.05) is 18.7 Å². The Morgan fingerprint density at radius 2 is 1.54 bits per heavy atom. The Morgan fingerprint density at radius 3 is 2.12 bits per heavy atom. The van der Waals surface area contributed by atoms with Gasteiger partial charge in [0.15, 0.2) is 11.5 Å². The van der Waals surface area contributed by atoms with Crippen LogP contribution in [0.15, 0.2) is 77.7 Å². The van der Waals surface area contributed by atoms with E-state index in [1.54, 1.807) is 31.2 Å². The molecule has 0 aromatic heterocycles. The van der Waals surface area contributed by atoms with Crippen molar-refractivity contribution in [1.29, 1.82) is 0 Å². The van der Waals surface area contributed by atoms with Crippen LogP contribution in [0.1, 0.15) is 38.3 Å². The molecule has 0 saturated heterocycles. The second-order valence-electron chi connectivity index (χ2n) is 9.87. The standard InChI is InChI=1S/C31H39N3O6S/c1-7-23(3)32-31(36)24(4)33(20-25-11-9-8-10-12-25)30(35)21-34(26-15-13-22(2)14-16-26)41(37,38)27-17-18-28(39-5)29(19-27)40-6/h8-19,23-24H,7,20-21H2,1-6H3,(H,32,36)/t23-,24+/m1/s1. The van der Waals surface area contributed by atoms with Crippen LogP contribution in [-0.2, 0) is 26.2 Å². The van der Waals surface area contributed by atoms with Gasteiger partial charge in [0.05, 0.1) is 24.8 Å². The van der Waals surface area contributed by atoms with Crippen molar-refractivity contribution in [3.63, 3.8) is 0 Å². The maximum Gasteiger partial charge on any atom is 0.264 e. The minimum Gasteiger partial charge on any atom is -0.493 e. The fraction of sp³-hybridized carbons (Fsp3) is 0.355. The number of nitrogens with zero attached hydrogens (tertiary/aromatic N) is 2. The van der Waals surface area contributed by atoms with Gasteiger partial charge in [-0.2, -0.15) is 0 Å². The van der Waals surface area contributed by atoms with Crippen molar-refractivity contribution in [3.05, 3.63) is 83.9 Å². The van der Waals surface area contributed by atoms with Crippen LogP contribution in [0.2, 0.25) is 0 Å². The number of aryl methyl sites for hydroxylation is 1. The van der Waals surface area contributed by atoms with E-state index in [1.165, 1.54) is 37.3 Å². The number of carbonyl (C=O) groups excluding carboxylic acids is 2. The fourth-order valence-corrected chi connectivity index (χ4v) is 5.60. The van der Waals surface area contributed by atoms with E-state index >= 15 is 0 Å². The molecule has 0 aliphatic carbocycles. The third kappa shape index (κ3) is 7.79. The van der Waals surface area contributed by atoms with E-state index in [4.69, 9.17) is 9.47 Å². The topological polar surface area (TPSA) is 105 Å². The lowest BCUT2D eigenvalue weighted by molar-refractivity contribution is -0.139. The molecule has 0 radical (unpaired) electrons. The normalized spacial score (nSPS) is 12.6. The van der Waals surface area contributed by atoms with E-state index < -0.39 is 28.5 Å². The Bertz CT molecular complexity index is 1430. The molecule has 9 nitrogen and oxygen atoms in total. The number of sulfonamides is 1. The molecule has 1 N–H and O–H groups in total. The molecule has 0 bridgehead atoms. The van der Waals surface area contributed by atoms with Crippen molar-refractivity contribution in [3.8, 4) is 11.5 Å². The number of ether oxygens (including phenoxy) is 2. The summed E-state index contributed by atoms with van der Waals surface area (Å²) in [4.78, 5) is 28.5. The van der Waals surface area contributed by atoms with Crippen molar-refractivity contribution in [1.82, 2.24) is 10.2 Å². The van der Waals surface area contributed by atoms with Crippen molar-refractivity contribution in [2.24, 2.45) is 0 Å². The number of amides is 2. The van der Waals surface area contributed by atoms with Crippen LogP contribution in [-0.4, -0.2) is 58.0 Å². The maximum absolute atomic E-state index is 14.1. The predicted molar refractivity (Wildman–Crippen MR) is 160 cm³/mol. The van der Waals surface area contributed by atoms with Gasteiger partial charge in [-0.25, -0.2) is 8.42 Å². The second-order valence-corrected chi connectivity index (χ2v) is 11.7. The zero-order valence-electron chi connectivity index (χ0n) is 24.5. The highest BCUT2D eigenvalue weighted by molar-refractivity contribution is 7.92. The van der Waals surface area contributed by atoms with Gasteiger partial charge in [-0.15, -0.1) is 0 Å². The fourth-order valence-electron chi connectivity index (χ4n) is 4.17. The number of nitrogens with one attached hydrogen (secondary N) is 1. The first-order valence-corrected chi connectivity index (χ1v) is 14.9. The number of rotatable bonds is 13. The van der Waals surface area contributed by atoms with Crippen molar-refractivity contribution in [2.75, 3.05) is 25.1 Å². The predicted octanol–water partition coefficient (Wildman–Crippen LogP) is 4.54. The summed E-state index contributed by atoms with van der Waals surface area (Å²) in [7, 11) is -1.36. The molecule has 0 aliphatic rings. The molecular weight excluding hydrogens is 542 g/mol. The molecule has 0 fully saturated rings. The lowest BCUT2D eigenvalue weighted by Crippen LogP contribution is -2.52. The van der Waals surface area contributed by atoms with Crippen LogP contribution in [0, 0.1) is 6.92 Å². The van der Waals surface area contributed by atoms with Gasteiger partial charge in [-0.1, -0.05) is 55.0 Å². The zero-order valence-corrected chi connectivity index (χ0v) is 25.3. The smallest absolute Gasteiger partial charge is 0.264 e. The summed E-state index contributed by atoms with van der Waals surface area (Å²) in [5, 5.41) is 2.93. The minimum atomic E-state index is -4.25. The highest BCUT2D eigenvalue weighted by Crippen LogP contribution is 2.32. The Balaban J connectivity index is 2.05. The lowest BCUT2D eigenvalue weighted by atomic mass is 10.1. The van der Waals surface area contributed by atoms with Gasteiger partial charge in [-0.05, 0) is 57.0 Å². The first kappa shape index (κ1) is 31.5. The first-order chi connectivity index (χ1) is 19.5. The van der Waals surface area contributed by atoms with E-state index in [9.17, 15) is 18.0 Å². The van der Waals surface area contributed by atoms with Crippen LogP contribution in [0.25, 0.3) is 0 Å². The Hall–Kier alpha value is -4.05. The van der Waals surface area contributed by atoms with Crippen molar-refractivity contribution in [2.45, 2.75) is 57.6 Å². The molecule has 220 valence electrons. The number of anilines is 1. The van der Waals surface area contributed by atoms with Gasteiger partial charge >= 0.3 is 0 Å². The lowest BCUT2D eigenvalue weighted by Gasteiger charge is -2.32. The molecule has 0 saturated carbocycles. The summed E-state index contributed by atoms with van der Waals surface area (Å²) in [6.45, 7) is 7.00. The molecule has 2 amide bonds. The van der Waals surface area contributed by atoms with E-state index in [0.717, 1.165) is 21.9 Å². The minimum absolute atomic E-state index is 0.0688. The summed E-state index contributed by atoms with van der Waals surface area (Å²) in [6, 6.07) is 19.5. The van der Waals surface area contributed by atoms with E-state index in [0.29, 0.717) is 11.4 Å². The van der Waals surface area contributed by atoms with Crippen LogP contribution < -0.4 is 19.1 Å². The number of hydrogen-bond acceptors (Lipinski definition) is 6. The molecule has 0 heterocycles. The Labute approximate surface area is 243 Å². The van der Waals surface area contributed by atoms with Gasteiger partial charge in [0.1, 0.15) is 12.6 Å². The number of carbonyl (C=O) groups is 2. The quantitative estimate of drug-likeness (QED) is 0.318. The van der Waals surface area contributed by atoms with E-state index in [1.807, 2.05) is 51.1 Å². The van der Waals surface area contributed by atoms with Crippen LogP contribution in [0.4, 0.5) is 5.69 Å². The van der Waals surface area contributed by atoms with Gasteiger partial charge in [0.2, 0.25) is 11.8 Å². The molecule has 0 aliphatic heterocycles. The SMILES string of the molecule is CC[C@@H](C)NC(=O)[C@H](C)N(Cc1ccccc1)C(=O)CN(c1ccc(C)cc1)S(=O)(=O)c1ccc(OC)c(OC)c1. The average Bonchev–Trinajstić information content (AvgIpc) is 2.98. The van der Waals surface area contributed by atoms with Gasteiger partial charge < -0.3 is 19.7 Å². The van der Waals surface area contributed by atoms with Crippen LogP contribution in [0.5, 0.6) is 11.5 Å². The number of hydrogen-bond donors (Lipinski definition) is 1. The Kier molecular flexibility index (Phi) is 10.8. The molecule has 2 atom stereocenters. The van der Waals surface area contributed by atoms with Gasteiger partial charge in [-0.3, -0.25) is 13.9 Å². The summed E-state index contributed by atoms with van der Waals surface area (Å²) in [6.07, 6.45) is 0.732. The molecule has 3 rings (SSSR count). The van der Waals surface area contributed by atoms with E-state index in [2.05, 4.69) is 5.32 Å². The zero-order chi connectivity index (χ0) is 30.2. The summed E-state index contributed by atoms with van der Waals surface area (Å²) in [5.74, 6) is -0.220. The monoisotopic (exact) mass is 581 g/mol. The molecular formula is C31H39N3O6S. The van der Waals surface area contributed by atoms with Gasteiger partial charge in [0.25, 0.3) is 10.0 Å². The third-order valence-electron chi connectivity index (χ3n) is 6.91. The van der Waals surface area contributed by atoms with Crippen molar-refractivity contribution < 1.29 is 27.5 Å².